The standard InChI is InChI=1S/C5H9F.C2H6/c1-5(6)3-2-4-5;1-2/h2-4H2,1H3;1-2H3. The largest absolute Gasteiger partial charge is 0.244 e. The molecule has 0 saturated heterocycles. The third-order valence-corrected chi connectivity index (χ3v) is 1.40. The molecule has 1 fully saturated rings. The summed E-state index contributed by atoms with van der Waals surface area (Å²) in [6.45, 7) is 5.66. The van der Waals surface area contributed by atoms with Gasteiger partial charge in [0.2, 0.25) is 0 Å². The van der Waals surface area contributed by atoms with Crippen LogP contribution in [0.1, 0.15) is 40.0 Å². The molecule has 0 atom stereocenters. The maximum absolute atomic E-state index is 12.2. The van der Waals surface area contributed by atoms with E-state index in [1.165, 1.54) is 0 Å². The van der Waals surface area contributed by atoms with E-state index in [1.54, 1.807) is 6.92 Å². The first-order valence-electron chi connectivity index (χ1n) is 3.40. The highest BCUT2D eigenvalue weighted by molar-refractivity contribution is 4.82. The minimum atomic E-state index is -0.778. The molecule has 8 heavy (non-hydrogen) atoms. The quantitative estimate of drug-likeness (QED) is 0.458. The van der Waals surface area contributed by atoms with E-state index < -0.39 is 5.67 Å². The number of alkyl halides is 1. The lowest BCUT2D eigenvalue weighted by molar-refractivity contribution is 0.0858. The average molecular weight is 118 g/mol. The van der Waals surface area contributed by atoms with Crippen molar-refractivity contribution in [1.29, 1.82) is 0 Å². The third kappa shape index (κ3) is 2.29. The van der Waals surface area contributed by atoms with Crippen LogP contribution in [0.2, 0.25) is 0 Å². The molecule has 0 unspecified atom stereocenters. The lowest BCUT2D eigenvalue weighted by Crippen LogP contribution is -2.26. The van der Waals surface area contributed by atoms with E-state index in [0.717, 1.165) is 19.3 Å². The van der Waals surface area contributed by atoms with Crippen LogP contribution in [0.4, 0.5) is 4.39 Å². The van der Waals surface area contributed by atoms with Crippen molar-refractivity contribution >= 4 is 0 Å². The minimum Gasteiger partial charge on any atom is -0.244 e. The van der Waals surface area contributed by atoms with Crippen molar-refractivity contribution in [3.63, 3.8) is 0 Å². The van der Waals surface area contributed by atoms with E-state index in [9.17, 15) is 4.39 Å². The molecule has 0 N–H and O–H groups in total. The smallest absolute Gasteiger partial charge is 0.108 e. The van der Waals surface area contributed by atoms with Gasteiger partial charge in [-0.15, -0.1) is 0 Å². The van der Waals surface area contributed by atoms with Crippen LogP contribution in [-0.2, 0) is 0 Å². The summed E-state index contributed by atoms with van der Waals surface area (Å²) in [6, 6.07) is 0. The molecular weight excluding hydrogens is 103 g/mol. The molecule has 0 aromatic rings. The van der Waals surface area contributed by atoms with Gasteiger partial charge in [0.15, 0.2) is 0 Å². The fraction of sp³-hybridized carbons (Fsp3) is 1.00. The summed E-state index contributed by atoms with van der Waals surface area (Å²) < 4.78 is 12.2. The first kappa shape index (κ1) is 7.93. The predicted molar refractivity (Wildman–Crippen MR) is 34.7 cm³/mol. The van der Waals surface area contributed by atoms with Crippen LogP contribution in [0.5, 0.6) is 0 Å². The summed E-state index contributed by atoms with van der Waals surface area (Å²) in [6.07, 6.45) is 2.66. The maximum atomic E-state index is 12.2. The SMILES string of the molecule is CC.CC1(F)CCC1. The Balaban J connectivity index is 0.000000222. The van der Waals surface area contributed by atoms with Crippen molar-refractivity contribution in [2.75, 3.05) is 0 Å². The van der Waals surface area contributed by atoms with Crippen molar-refractivity contribution in [2.24, 2.45) is 0 Å². The minimum absolute atomic E-state index is 0.778. The van der Waals surface area contributed by atoms with Gasteiger partial charge in [0.1, 0.15) is 5.67 Å². The monoisotopic (exact) mass is 118 g/mol. The molecule has 0 aromatic heterocycles. The second-order valence-electron chi connectivity index (χ2n) is 2.27. The molecule has 1 rings (SSSR count). The van der Waals surface area contributed by atoms with Crippen molar-refractivity contribution in [3.05, 3.63) is 0 Å². The molecular formula is C7H15F. The summed E-state index contributed by atoms with van der Waals surface area (Å²) in [5, 5.41) is 0. The first-order valence-corrected chi connectivity index (χ1v) is 3.40. The Labute approximate surface area is 51.1 Å². The zero-order valence-electron chi connectivity index (χ0n) is 6.00. The highest BCUT2D eigenvalue weighted by Gasteiger charge is 2.30. The van der Waals surface area contributed by atoms with Crippen molar-refractivity contribution in [3.8, 4) is 0 Å². The van der Waals surface area contributed by atoms with Gasteiger partial charge in [-0.05, 0) is 26.2 Å². The zero-order chi connectivity index (χ0) is 6.62. The lowest BCUT2D eigenvalue weighted by Gasteiger charge is -2.28. The van der Waals surface area contributed by atoms with Crippen LogP contribution in [0.25, 0.3) is 0 Å². The van der Waals surface area contributed by atoms with Gasteiger partial charge >= 0.3 is 0 Å². The Morgan fingerprint density at radius 3 is 1.50 bits per heavy atom. The second-order valence-corrected chi connectivity index (χ2v) is 2.27. The number of hydrogen-bond acceptors (Lipinski definition) is 0. The average Bonchev–Trinajstić information content (AvgIpc) is 1.69. The second kappa shape index (κ2) is 3.06. The van der Waals surface area contributed by atoms with Gasteiger partial charge in [-0.1, -0.05) is 13.8 Å². The molecule has 1 aliphatic rings. The molecule has 0 heterocycles. The van der Waals surface area contributed by atoms with Crippen LogP contribution < -0.4 is 0 Å². The van der Waals surface area contributed by atoms with Gasteiger partial charge < -0.3 is 0 Å². The van der Waals surface area contributed by atoms with Gasteiger partial charge in [0.25, 0.3) is 0 Å². The summed E-state index contributed by atoms with van der Waals surface area (Å²) in [5.74, 6) is 0. The third-order valence-electron chi connectivity index (χ3n) is 1.40. The van der Waals surface area contributed by atoms with Gasteiger partial charge in [-0.25, -0.2) is 4.39 Å². The topological polar surface area (TPSA) is 0 Å². The molecule has 0 bridgehead atoms. The Kier molecular flexibility index (Phi) is 3.03. The van der Waals surface area contributed by atoms with Gasteiger partial charge in [0.05, 0.1) is 0 Å². The van der Waals surface area contributed by atoms with Gasteiger partial charge in [-0.3, -0.25) is 0 Å². The highest BCUT2D eigenvalue weighted by Crippen LogP contribution is 2.34. The van der Waals surface area contributed by atoms with E-state index in [2.05, 4.69) is 0 Å². The molecule has 1 aliphatic carbocycles. The molecule has 0 nitrogen and oxygen atoms in total. The molecule has 0 amide bonds. The Morgan fingerprint density at radius 2 is 1.50 bits per heavy atom. The Bertz CT molecular complexity index is 51.4. The van der Waals surface area contributed by atoms with Crippen LogP contribution in [-0.4, -0.2) is 5.67 Å². The van der Waals surface area contributed by atoms with Crippen LogP contribution in [0.15, 0.2) is 0 Å². The number of rotatable bonds is 0. The van der Waals surface area contributed by atoms with Crippen LogP contribution in [0, 0.1) is 0 Å². The number of hydrogen-bond donors (Lipinski definition) is 0. The van der Waals surface area contributed by atoms with E-state index in [1.807, 2.05) is 13.8 Å². The van der Waals surface area contributed by atoms with Gasteiger partial charge in [0, 0.05) is 0 Å². The fourth-order valence-electron chi connectivity index (χ4n) is 0.664. The van der Waals surface area contributed by atoms with Crippen molar-refractivity contribution in [2.45, 2.75) is 45.7 Å². The summed E-state index contributed by atoms with van der Waals surface area (Å²) in [7, 11) is 0. The molecule has 0 aromatic carbocycles. The molecule has 1 heteroatoms. The fourth-order valence-corrected chi connectivity index (χ4v) is 0.664. The highest BCUT2D eigenvalue weighted by atomic mass is 19.1. The van der Waals surface area contributed by atoms with E-state index in [4.69, 9.17) is 0 Å². The summed E-state index contributed by atoms with van der Waals surface area (Å²) in [5.41, 5.74) is -0.778. The van der Waals surface area contributed by atoms with Crippen LogP contribution >= 0.6 is 0 Å². The van der Waals surface area contributed by atoms with Crippen molar-refractivity contribution in [1.82, 2.24) is 0 Å². The van der Waals surface area contributed by atoms with Gasteiger partial charge in [-0.2, -0.15) is 0 Å². The maximum Gasteiger partial charge on any atom is 0.108 e. The molecule has 0 aliphatic heterocycles. The lowest BCUT2D eigenvalue weighted by atomic mass is 9.84. The van der Waals surface area contributed by atoms with Crippen LogP contribution in [0.3, 0.4) is 0 Å². The summed E-state index contributed by atoms with van der Waals surface area (Å²) in [4.78, 5) is 0. The normalized spacial score (nSPS) is 22.5. The first-order chi connectivity index (χ1) is 3.71. The molecule has 50 valence electrons. The molecule has 0 spiro atoms. The predicted octanol–water partition coefficient (Wildman–Crippen LogP) is 2.92. The number of halogens is 1. The Hall–Kier alpha value is -0.0700. The van der Waals surface area contributed by atoms with E-state index in [0.29, 0.717) is 0 Å². The van der Waals surface area contributed by atoms with Crippen molar-refractivity contribution < 1.29 is 4.39 Å². The summed E-state index contributed by atoms with van der Waals surface area (Å²) >= 11 is 0. The Morgan fingerprint density at radius 1 is 1.25 bits per heavy atom. The molecule has 1 saturated carbocycles. The van der Waals surface area contributed by atoms with E-state index in [-0.39, 0.29) is 0 Å². The molecule has 0 radical (unpaired) electrons. The van der Waals surface area contributed by atoms with E-state index >= 15 is 0 Å². The zero-order valence-corrected chi connectivity index (χ0v) is 6.00.